The summed E-state index contributed by atoms with van der Waals surface area (Å²) in [6, 6.07) is 46.0. The number of carbonyl (C=O) groups is 2. The maximum Gasteiger partial charge on any atom is 0.268 e. The first kappa shape index (κ1) is 25.0. The van der Waals surface area contributed by atoms with Crippen LogP contribution in [-0.4, -0.2) is 16.4 Å². The highest BCUT2D eigenvalue weighted by molar-refractivity contribution is 6.36. The van der Waals surface area contributed by atoms with Gasteiger partial charge in [-0.15, -0.1) is 0 Å². The number of imide groups is 1. The lowest BCUT2D eigenvalue weighted by atomic mass is 9.98. The van der Waals surface area contributed by atoms with E-state index in [0.717, 1.165) is 44.1 Å². The molecule has 4 heteroatoms. The zero-order valence-electron chi connectivity index (χ0n) is 23.5. The molecule has 0 aliphatic carbocycles. The van der Waals surface area contributed by atoms with E-state index < -0.39 is 0 Å². The smallest absolute Gasteiger partial charge is 0.268 e. The number of para-hydroxylation sites is 3. The van der Waals surface area contributed by atoms with Gasteiger partial charge in [0.25, 0.3) is 11.8 Å². The fraction of sp³-hybridized carbons (Fsp3) is 0.0256. The predicted molar refractivity (Wildman–Crippen MR) is 174 cm³/mol. The summed E-state index contributed by atoms with van der Waals surface area (Å²) >= 11 is 0. The third kappa shape index (κ3) is 3.70. The predicted octanol–water partition coefficient (Wildman–Crippen LogP) is 9.23. The van der Waals surface area contributed by atoms with Gasteiger partial charge in [0.1, 0.15) is 0 Å². The van der Waals surface area contributed by atoms with E-state index >= 15 is 0 Å². The summed E-state index contributed by atoms with van der Waals surface area (Å²) in [6.45, 7) is 2.12. The number of aromatic nitrogens is 1. The zero-order chi connectivity index (χ0) is 29.1. The second-order valence-corrected chi connectivity index (χ2v) is 10.9. The van der Waals surface area contributed by atoms with Crippen molar-refractivity contribution in [1.29, 1.82) is 0 Å². The number of hydrogen-bond donors (Lipinski definition) is 0. The first-order valence-electron chi connectivity index (χ1n) is 14.4. The Morgan fingerprint density at radius 3 is 1.91 bits per heavy atom. The van der Waals surface area contributed by atoms with Crippen LogP contribution in [0.1, 0.15) is 26.3 Å². The monoisotopic (exact) mass is 554 g/mol. The molecule has 1 aromatic heterocycles. The minimum Gasteiger partial charge on any atom is -0.308 e. The molecule has 0 saturated carbocycles. The fourth-order valence-electron chi connectivity index (χ4n) is 6.56. The Morgan fingerprint density at radius 2 is 1.07 bits per heavy atom. The molecule has 7 aromatic rings. The largest absolute Gasteiger partial charge is 0.308 e. The Kier molecular flexibility index (Phi) is 5.63. The quantitative estimate of drug-likeness (QED) is 0.204. The number of fused-ring (bicyclic) bond motifs is 4. The number of anilines is 1. The minimum absolute atomic E-state index is 0.315. The van der Waals surface area contributed by atoms with Crippen LogP contribution in [0, 0.1) is 6.92 Å². The molecule has 204 valence electrons. The molecule has 1 aliphatic heterocycles. The van der Waals surface area contributed by atoms with Gasteiger partial charge in [-0.05, 0) is 47.9 Å². The van der Waals surface area contributed by atoms with E-state index in [4.69, 9.17) is 0 Å². The maximum absolute atomic E-state index is 14.5. The second-order valence-electron chi connectivity index (χ2n) is 10.9. The molecule has 0 N–H and O–H groups in total. The van der Waals surface area contributed by atoms with Gasteiger partial charge < -0.3 is 4.57 Å². The summed E-state index contributed by atoms with van der Waals surface area (Å²) < 4.78 is 2.17. The summed E-state index contributed by atoms with van der Waals surface area (Å²) in [6.07, 6.45) is 0. The van der Waals surface area contributed by atoms with Crippen molar-refractivity contribution in [3.05, 3.63) is 156 Å². The second kappa shape index (κ2) is 9.68. The van der Waals surface area contributed by atoms with Crippen LogP contribution in [0.3, 0.4) is 0 Å². The van der Waals surface area contributed by atoms with E-state index in [1.54, 1.807) is 6.07 Å². The average molecular weight is 555 g/mol. The van der Waals surface area contributed by atoms with Crippen LogP contribution in [0.5, 0.6) is 0 Å². The minimum atomic E-state index is -0.321. The molecule has 0 spiro atoms. The number of carbonyl (C=O) groups excluding carboxylic acids is 2. The Hall–Kier alpha value is -5.74. The SMILES string of the molecule is Cc1ccccc1-c1cccc2c3ccccc3n(-c3cccc4c3C(=O)N(c3ccccc3-c3ccccc3)C4=O)c12. The summed E-state index contributed by atoms with van der Waals surface area (Å²) in [5.74, 6) is -0.636. The Bertz CT molecular complexity index is 2240. The summed E-state index contributed by atoms with van der Waals surface area (Å²) in [7, 11) is 0. The summed E-state index contributed by atoms with van der Waals surface area (Å²) in [5, 5.41) is 2.19. The molecule has 8 rings (SSSR count). The van der Waals surface area contributed by atoms with Crippen molar-refractivity contribution in [2.75, 3.05) is 4.90 Å². The van der Waals surface area contributed by atoms with Gasteiger partial charge in [0.05, 0.1) is 33.5 Å². The lowest BCUT2D eigenvalue weighted by Gasteiger charge is -2.19. The highest BCUT2D eigenvalue weighted by atomic mass is 16.2. The van der Waals surface area contributed by atoms with Gasteiger partial charge in [0.2, 0.25) is 0 Å². The Morgan fingerprint density at radius 1 is 0.465 bits per heavy atom. The first-order valence-corrected chi connectivity index (χ1v) is 14.4. The van der Waals surface area contributed by atoms with E-state index in [-0.39, 0.29) is 11.8 Å². The topological polar surface area (TPSA) is 42.3 Å². The van der Waals surface area contributed by atoms with Crippen molar-refractivity contribution < 1.29 is 9.59 Å². The molecule has 0 atom stereocenters. The standard InChI is InChI=1S/C39H26N2O2/c1-25-13-5-6-16-27(25)30-19-11-20-31-29-18-8-10-23-34(29)40(37(30)31)35-24-12-21-32-36(35)39(43)41(38(32)42)33-22-9-7-17-28(33)26-14-3-2-4-15-26/h2-24H,1H3. The highest BCUT2D eigenvalue weighted by Crippen LogP contribution is 2.42. The molecule has 6 aromatic carbocycles. The number of nitrogens with zero attached hydrogens (tertiary/aromatic N) is 2. The molecule has 1 aliphatic rings. The molecule has 0 saturated heterocycles. The van der Waals surface area contributed by atoms with E-state index in [1.807, 2.05) is 84.9 Å². The van der Waals surface area contributed by atoms with Crippen molar-refractivity contribution in [3.8, 4) is 27.9 Å². The molecular weight excluding hydrogens is 528 g/mol. The highest BCUT2D eigenvalue weighted by Gasteiger charge is 2.40. The number of benzene rings is 6. The van der Waals surface area contributed by atoms with Crippen molar-refractivity contribution in [2.24, 2.45) is 0 Å². The third-order valence-electron chi connectivity index (χ3n) is 8.49. The molecule has 0 unspecified atom stereocenters. The average Bonchev–Trinajstić information content (AvgIpc) is 3.53. The van der Waals surface area contributed by atoms with Gasteiger partial charge in [-0.3, -0.25) is 9.59 Å². The van der Waals surface area contributed by atoms with Gasteiger partial charge in [-0.25, -0.2) is 4.90 Å². The lowest BCUT2D eigenvalue weighted by Crippen LogP contribution is -2.30. The van der Waals surface area contributed by atoms with Gasteiger partial charge in [-0.2, -0.15) is 0 Å². The van der Waals surface area contributed by atoms with Crippen LogP contribution in [0.25, 0.3) is 49.7 Å². The zero-order valence-corrected chi connectivity index (χ0v) is 23.5. The van der Waals surface area contributed by atoms with Gasteiger partial charge in [-0.1, -0.05) is 115 Å². The Balaban J connectivity index is 1.40. The van der Waals surface area contributed by atoms with Crippen molar-refractivity contribution in [2.45, 2.75) is 6.92 Å². The number of rotatable bonds is 4. The molecule has 0 fully saturated rings. The molecule has 2 heterocycles. The number of hydrogen-bond acceptors (Lipinski definition) is 2. The first-order chi connectivity index (χ1) is 21.1. The molecular formula is C39H26N2O2. The van der Waals surface area contributed by atoms with Gasteiger partial charge >= 0.3 is 0 Å². The molecule has 2 amide bonds. The van der Waals surface area contributed by atoms with Crippen LogP contribution >= 0.6 is 0 Å². The fourth-order valence-corrected chi connectivity index (χ4v) is 6.56. The van der Waals surface area contributed by atoms with E-state index in [1.165, 1.54) is 10.5 Å². The van der Waals surface area contributed by atoms with E-state index in [9.17, 15) is 9.59 Å². The van der Waals surface area contributed by atoms with Crippen LogP contribution in [0.15, 0.2) is 140 Å². The Labute approximate surface area is 249 Å². The van der Waals surface area contributed by atoms with Crippen molar-refractivity contribution >= 4 is 39.3 Å². The van der Waals surface area contributed by atoms with Gasteiger partial charge in [0, 0.05) is 21.9 Å². The molecule has 0 radical (unpaired) electrons. The molecule has 4 nitrogen and oxygen atoms in total. The van der Waals surface area contributed by atoms with Crippen LogP contribution in [0.4, 0.5) is 5.69 Å². The normalized spacial score (nSPS) is 12.8. The van der Waals surface area contributed by atoms with Crippen LogP contribution in [0.2, 0.25) is 0 Å². The van der Waals surface area contributed by atoms with E-state index in [0.29, 0.717) is 22.5 Å². The maximum atomic E-state index is 14.5. The van der Waals surface area contributed by atoms with Crippen LogP contribution < -0.4 is 4.90 Å². The van der Waals surface area contributed by atoms with E-state index in [2.05, 4.69) is 60.0 Å². The van der Waals surface area contributed by atoms with Crippen molar-refractivity contribution in [3.63, 3.8) is 0 Å². The number of aryl methyl sites for hydroxylation is 1. The molecule has 0 bridgehead atoms. The van der Waals surface area contributed by atoms with Crippen molar-refractivity contribution in [1.82, 2.24) is 4.57 Å². The third-order valence-corrected chi connectivity index (χ3v) is 8.49. The lowest BCUT2D eigenvalue weighted by molar-refractivity contribution is 0.0926. The van der Waals surface area contributed by atoms with Crippen LogP contribution in [-0.2, 0) is 0 Å². The summed E-state index contributed by atoms with van der Waals surface area (Å²) in [4.78, 5) is 29.9. The van der Waals surface area contributed by atoms with Gasteiger partial charge in [0.15, 0.2) is 0 Å². The molecule has 43 heavy (non-hydrogen) atoms. The summed E-state index contributed by atoms with van der Waals surface area (Å²) in [5.41, 5.74) is 9.24. The number of amides is 2.